The van der Waals surface area contributed by atoms with Gasteiger partial charge in [-0.2, -0.15) is 0 Å². The van der Waals surface area contributed by atoms with Gasteiger partial charge in [0.15, 0.2) is 5.82 Å². The molecule has 0 atom stereocenters. The Labute approximate surface area is 166 Å². The van der Waals surface area contributed by atoms with E-state index in [0.717, 1.165) is 29.9 Å². The number of rotatable bonds is 3. The van der Waals surface area contributed by atoms with Gasteiger partial charge in [0.2, 0.25) is 5.78 Å². The van der Waals surface area contributed by atoms with Crippen LogP contribution in [0.1, 0.15) is 17.0 Å². The Morgan fingerprint density at radius 3 is 2.62 bits per heavy atom. The molecular weight excluding hydrogens is 362 g/mol. The minimum Gasteiger partial charge on any atom is -0.377 e. The second kappa shape index (κ2) is 5.91. The molecule has 6 heteroatoms. The Morgan fingerprint density at radius 1 is 0.931 bits per heavy atom. The Kier molecular flexibility index (Phi) is 3.32. The number of anilines is 1. The molecule has 29 heavy (non-hydrogen) atoms. The molecular formula is C23H19N5O. The van der Waals surface area contributed by atoms with Crippen LogP contribution in [0.2, 0.25) is 0 Å². The van der Waals surface area contributed by atoms with Gasteiger partial charge < -0.3 is 5.32 Å². The topological polar surface area (TPSA) is 64.2 Å². The zero-order valence-electron chi connectivity index (χ0n) is 16.0. The third-order valence-electron chi connectivity index (χ3n) is 6.01. The summed E-state index contributed by atoms with van der Waals surface area (Å²) in [5.74, 6) is 1.32. The molecule has 3 aromatic carbocycles. The van der Waals surface area contributed by atoms with Crippen LogP contribution in [0.5, 0.6) is 0 Å². The molecule has 1 aliphatic carbocycles. The number of hydrogen-bond acceptors (Lipinski definition) is 4. The van der Waals surface area contributed by atoms with E-state index < -0.39 is 0 Å². The first-order chi connectivity index (χ1) is 14.2. The number of fused-ring (bicyclic) bond motifs is 3. The first kappa shape index (κ1) is 16.3. The van der Waals surface area contributed by atoms with E-state index in [0.29, 0.717) is 17.7 Å². The second-order valence-electron chi connectivity index (χ2n) is 7.60. The molecule has 142 valence electrons. The summed E-state index contributed by atoms with van der Waals surface area (Å²) in [5, 5.41) is 15.5. The number of nitrogens with zero attached hydrogens (tertiary/aromatic N) is 4. The summed E-state index contributed by atoms with van der Waals surface area (Å²) < 4.78 is 3.52. The van der Waals surface area contributed by atoms with Crippen LogP contribution in [-0.4, -0.2) is 19.2 Å². The summed E-state index contributed by atoms with van der Waals surface area (Å²) in [6.07, 6.45) is 2.23. The van der Waals surface area contributed by atoms with Crippen molar-refractivity contribution < 1.29 is 0 Å². The molecule has 2 aromatic heterocycles. The van der Waals surface area contributed by atoms with Gasteiger partial charge >= 0.3 is 0 Å². The molecule has 0 amide bonds. The first-order valence-corrected chi connectivity index (χ1v) is 9.81. The molecule has 0 saturated heterocycles. The molecule has 1 N–H and O–H groups in total. The van der Waals surface area contributed by atoms with Crippen LogP contribution in [0.25, 0.3) is 27.5 Å². The van der Waals surface area contributed by atoms with Gasteiger partial charge in [-0.3, -0.25) is 13.8 Å². The second-order valence-corrected chi connectivity index (χ2v) is 7.60. The van der Waals surface area contributed by atoms with Crippen LogP contribution in [0.3, 0.4) is 0 Å². The zero-order chi connectivity index (χ0) is 19.5. The highest BCUT2D eigenvalue weighted by molar-refractivity contribution is 5.99. The molecule has 5 aromatic rings. The van der Waals surface area contributed by atoms with E-state index >= 15 is 0 Å². The average molecular weight is 381 g/mol. The molecule has 2 heterocycles. The van der Waals surface area contributed by atoms with Crippen molar-refractivity contribution in [2.24, 2.45) is 7.05 Å². The molecule has 0 spiro atoms. The minimum absolute atomic E-state index is 0.0625. The van der Waals surface area contributed by atoms with Crippen molar-refractivity contribution in [3.05, 3.63) is 81.9 Å². The first-order valence-electron chi connectivity index (χ1n) is 9.81. The van der Waals surface area contributed by atoms with Gasteiger partial charge in [0.25, 0.3) is 5.56 Å². The summed E-state index contributed by atoms with van der Waals surface area (Å²) >= 11 is 0. The fourth-order valence-electron chi connectivity index (χ4n) is 4.58. The lowest BCUT2D eigenvalue weighted by Gasteiger charge is -2.12. The van der Waals surface area contributed by atoms with Crippen molar-refractivity contribution in [2.45, 2.75) is 19.4 Å². The highest BCUT2D eigenvalue weighted by Crippen LogP contribution is 2.35. The van der Waals surface area contributed by atoms with E-state index in [2.05, 4.69) is 45.8 Å². The van der Waals surface area contributed by atoms with Crippen molar-refractivity contribution in [2.75, 3.05) is 5.32 Å². The smallest absolute Gasteiger partial charge is 0.262 e. The fourth-order valence-corrected chi connectivity index (χ4v) is 4.58. The van der Waals surface area contributed by atoms with E-state index in [1.54, 1.807) is 11.6 Å². The predicted octanol–water partition coefficient (Wildman–Crippen LogP) is 3.45. The lowest BCUT2D eigenvalue weighted by molar-refractivity contribution is 0.855. The van der Waals surface area contributed by atoms with E-state index in [9.17, 15) is 4.79 Å². The maximum absolute atomic E-state index is 12.6. The Balaban J connectivity index is 1.47. The van der Waals surface area contributed by atoms with Crippen molar-refractivity contribution in [1.29, 1.82) is 0 Å². The van der Waals surface area contributed by atoms with Crippen LogP contribution in [0.4, 0.5) is 5.69 Å². The Hall–Kier alpha value is -3.67. The van der Waals surface area contributed by atoms with Gasteiger partial charge in [-0.25, -0.2) is 0 Å². The lowest BCUT2D eigenvalue weighted by Crippen LogP contribution is -2.20. The number of aryl methyl sites for hydroxylation is 3. The van der Waals surface area contributed by atoms with Crippen LogP contribution in [0, 0.1) is 0 Å². The van der Waals surface area contributed by atoms with Gasteiger partial charge in [0.1, 0.15) is 0 Å². The lowest BCUT2D eigenvalue weighted by atomic mass is 10.0. The quantitative estimate of drug-likeness (QED) is 0.520. The van der Waals surface area contributed by atoms with Gasteiger partial charge in [0.05, 0.1) is 17.4 Å². The normalized spacial score (nSPS) is 13.0. The van der Waals surface area contributed by atoms with Crippen LogP contribution >= 0.6 is 0 Å². The van der Waals surface area contributed by atoms with Gasteiger partial charge in [-0.05, 0) is 47.6 Å². The average Bonchev–Trinajstić information content (AvgIpc) is 3.37. The molecule has 0 bridgehead atoms. The molecule has 0 radical (unpaired) electrons. The van der Waals surface area contributed by atoms with Crippen LogP contribution in [0.15, 0.2) is 59.4 Å². The molecule has 0 unspecified atom stereocenters. The summed E-state index contributed by atoms with van der Waals surface area (Å²) in [5.41, 5.74) is 4.71. The van der Waals surface area contributed by atoms with E-state index in [4.69, 9.17) is 0 Å². The number of benzene rings is 3. The molecule has 1 aliphatic rings. The summed E-state index contributed by atoms with van der Waals surface area (Å²) in [6.45, 7) is 0.516. The van der Waals surface area contributed by atoms with E-state index in [1.165, 1.54) is 21.9 Å². The number of hydrogen-bond donors (Lipinski definition) is 1. The summed E-state index contributed by atoms with van der Waals surface area (Å²) in [4.78, 5) is 12.6. The minimum atomic E-state index is -0.0625. The largest absolute Gasteiger partial charge is 0.377 e. The number of nitrogens with one attached hydrogen (secondary N) is 1. The van der Waals surface area contributed by atoms with E-state index in [1.807, 2.05) is 28.7 Å². The van der Waals surface area contributed by atoms with Crippen molar-refractivity contribution in [3.63, 3.8) is 0 Å². The maximum Gasteiger partial charge on any atom is 0.262 e. The standard InChI is InChI=1S/C23H19N5O/c1-27-22(29)17-6-2-3-8-19(17)28-20(25-26-23(27)28)13-24-18-12-11-15-10-9-14-5-4-7-16(18)21(14)15/h2-8,11-12,24H,9-10,13H2,1H3. The number of para-hydroxylation sites is 1. The maximum atomic E-state index is 12.6. The van der Waals surface area contributed by atoms with E-state index in [-0.39, 0.29) is 5.56 Å². The molecule has 6 rings (SSSR count). The van der Waals surface area contributed by atoms with Crippen molar-refractivity contribution in [3.8, 4) is 0 Å². The molecule has 6 nitrogen and oxygen atoms in total. The number of aromatic nitrogens is 4. The summed E-state index contributed by atoms with van der Waals surface area (Å²) in [6, 6.07) is 18.5. The Morgan fingerprint density at radius 2 is 1.72 bits per heavy atom. The summed E-state index contributed by atoms with van der Waals surface area (Å²) in [7, 11) is 1.74. The Bertz CT molecular complexity index is 1480. The highest BCUT2D eigenvalue weighted by Gasteiger charge is 2.17. The van der Waals surface area contributed by atoms with Crippen molar-refractivity contribution >= 4 is 33.1 Å². The third-order valence-corrected chi connectivity index (χ3v) is 6.01. The fraction of sp³-hybridized carbons (Fsp3) is 0.174. The molecule has 0 aliphatic heterocycles. The molecule has 0 saturated carbocycles. The monoisotopic (exact) mass is 381 g/mol. The molecule has 0 fully saturated rings. The SMILES string of the molecule is Cn1c(=O)c2ccccc2n2c(CNc3ccc4c5c(cccc35)CC4)nnc12. The zero-order valence-corrected chi connectivity index (χ0v) is 16.0. The predicted molar refractivity (Wildman–Crippen MR) is 114 cm³/mol. The third kappa shape index (κ3) is 2.26. The van der Waals surface area contributed by atoms with Crippen LogP contribution < -0.4 is 10.9 Å². The highest BCUT2D eigenvalue weighted by atomic mass is 16.1. The van der Waals surface area contributed by atoms with Gasteiger partial charge in [0, 0.05) is 18.1 Å². The van der Waals surface area contributed by atoms with Gasteiger partial charge in [-0.1, -0.05) is 36.4 Å². The van der Waals surface area contributed by atoms with Gasteiger partial charge in [-0.15, -0.1) is 10.2 Å². The van der Waals surface area contributed by atoms with Crippen molar-refractivity contribution in [1.82, 2.24) is 19.2 Å². The van der Waals surface area contributed by atoms with Crippen LogP contribution in [-0.2, 0) is 26.4 Å².